The first-order valence-electron chi connectivity index (χ1n) is 6.22. The Labute approximate surface area is 110 Å². The van der Waals surface area contributed by atoms with E-state index in [1.54, 1.807) is 0 Å². The minimum Gasteiger partial charge on any atom is -0.465 e. The molecule has 1 amide bonds. The molecule has 1 fully saturated rings. The number of terminal acetylenes is 1. The van der Waals surface area contributed by atoms with Gasteiger partial charge in [-0.05, 0) is 18.1 Å². The first kappa shape index (κ1) is 15.1. The van der Waals surface area contributed by atoms with Crippen molar-refractivity contribution in [3.63, 3.8) is 0 Å². The number of carbonyl (C=O) groups is 1. The molecule has 0 radical (unpaired) electrons. The highest BCUT2D eigenvalue weighted by Gasteiger charge is 2.43. The first-order chi connectivity index (χ1) is 8.08. The van der Waals surface area contributed by atoms with Crippen LogP contribution >= 0.6 is 0 Å². The summed E-state index contributed by atoms with van der Waals surface area (Å²) in [7, 11) is -1.86. The smallest absolute Gasteiger partial charge is 0.408 e. The molecule has 0 unspecified atom stereocenters. The predicted molar refractivity (Wildman–Crippen MR) is 74.0 cm³/mol. The van der Waals surface area contributed by atoms with Crippen LogP contribution in [0.2, 0.25) is 18.1 Å². The van der Waals surface area contributed by atoms with Crippen LogP contribution in [0.3, 0.4) is 0 Å². The molecule has 0 aromatic rings. The van der Waals surface area contributed by atoms with Crippen molar-refractivity contribution >= 4 is 14.4 Å². The van der Waals surface area contributed by atoms with Crippen molar-refractivity contribution in [2.24, 2.45) is 0 Å². The number of hydrogen-bond donors (Lipinski definition) is 1. The lowest BCUT2D eigenvalue weighted by Gasteiger charge is -2.38. The maximum Gasteiger partial charge on any atom is 0.408 e. The third-order valence-corrected chi connectivity index (χ3v) is 8.50. The van der Waals surface area contributed by atoms with Gasteiger partial charge in [-0.25, -0.2) is 4.79 Å². The Hall–Kier alpha value is -0.993. The average molecular weight is 269 g/mol. The fourth-order valence-electron chi connectivity index (χ4n) is 1.85. The van der Waals surface area contributed by atoms with Gasteiger partial charge in [-0.3, -0.25) is 4.90 Å². The van der Waals surface area contributed by atoms with Gasteiger partial charge in [0.1, 0.15) is 0 Å². The van der Waals surface area contributed by atoms with E-state index in [1.807, 2.05) is 0 Å². The van der Waals surface area contributed by atoms with E-state index in [0.717, 1.165) is 0 Å². The molecule has 1 rings (SSSR count). The van der Waals surface area contributed by atoms with Crippen LogP contribution in [0.5, 0.6) is 0 Å². The predicted octanol–water partition coefficient (Wildman–Crippen LogP) is 2.76. The average Bonchev–Trinajstić information content (AvgIpc) is 2.58. The molecule has 0 aromatic heterocycles. The fourth-order valence-corrected chi connectivity index (χ4v) is 3.20. The first-order valence-corrected chi connectivity index (χ1v) is 9.13. The van der Waals surface area contributed by atoms with E-state index in [0.29, 0.717) is 13.0 Å². The Morgan fingerprint density at radius 1 is 1.50 bits per heavy atom. The van der Waals surface area contributed by atoms with Crippen LogP contribution in [0.25, 0.3) is 0 Å². The molecule has 102 valence electrons. The lowest BCUT2D eigenvalue weighted by atomic mass is 10.2. The summed E-state index contributed by atoms with van der Waals surface area (Å²) >= 11 is 0. The van der Waals surface area contributed by atoms with Gasteiger partial charge in [0.05, 0.1) is 18.7 Å². The molecular weight excluding hydrogens is 246 g/mol. The van der Waals surface area contributed by atoms with Crippen LogP contribution in [-0.4, -0.2) is 43.1 Å². The van der Waals surface area contributed by atoms with Gasteiger partial charge < -0.3 is 9.53 Å². The van der Waals surface area contributed by atoms with E-state index in [4.69, 9.17) is 16.0 Å². The van der Waals surface area contributed by atoms with E-state index in [1.165, 1.54) is 4.90 Å². The van der Waals surface area contributed by atoms with Crippen molar-refractivity contribution in [3.05, 3.63) is 0 Å². The lowest BCUT2D eigenvalue weighted by Crippen LogP contribution is -2.44. The quantitative estimate of drug-likeness (QED) is 0.619. The minimum atomic E-state index is -1.86. The minimum absolute atomic E-state index is 0.0666. The van der Waals surface area contributed by atoms with Crippen molar-refractivity contribution in [2.75, 3.05) is 6.54 Å². The molecule has 1 heterocycles. The lowest BCUT2D eigenvalue weighted by molar-refractivity contribution is 0.138. The third kappa shape index (κ3) is 3.06. The van der Waals surface area contributed by atoms with E-state index >= 15 is 0 Å². The molecule has 1 N–H and O–H groups in total. The second-order valence-corrected chi connectivity index (χ2v) is 11.1. The largest absolute Gasteiger partial charge is 0.465 e. The van der Waals surface area contributed by atoms with Gasteiger partial charge in [-0.1, -0.05) is 26.7 Å². The van der Waals surface area contributed by atoms with Crippen LogP contribution in [0.15, 0.2) is 0 Å². The van der Waals surface area contributed by atoms with Gasteiger partial charge in [0.2, 0.25) is 0 Å². The Balaban J connectivity index is 2.73. The maximum atomic E-state index is 11.1. The van der Waals surface area contributed by atoms with Gasteiger partial charge in [0, 0.05) is 6.42 Å². The summed E-state index contributed by atoms with van der Waals surface area (Å²) in [6.07, 6.45) is 4.96. The highest BCUT2D eigenvalue weighted by molar-refractivity contribution is 6.74. The molecule has 2 atom stereocenters. The molecule has 4 nitrogen and oxygen atoms in total. The molecule has 1 saturated heterocycles. The summed E-state index contributed by atoms with van der Waals surface area (Å²) in [5.41, 5.74) is 0. The summed E-state index contributed by atoms with van der Waals surface area (Å²) in [5, 5.41) is 9.20. The monoisotopic (exact) mass is 269 g/mol. The summed E-state index contributed by atoms with van der Waals surface area (Å²) < 4.78 is 6.21. The number of amides is 1. The standard InChI is InChI=1S/C13H23NO3Si/c1-7-10-8-11(9-14(10)12(15)16)17-18(5,6)13(2,3)4/h1,10-11H,8-9H2,2-6H3,(H,15,16)/t10-,11-/m0/s1. The Morgan fingerprint density at radius 2 is 2.06 bits per heavy atom. The van der Waals surface area contributed by atoms with Crippen molar-refractivity contribution in [1.29, 1.82) is 0 Å². The molecule has 0 bridgehead atoms. The van der Waals surface area contributed by atoms with E-state index in [2.05, 4.69) is 39.8 Å². The van der Waals surface area contributed by atoms with Gasteiger partial charge in [0.15, 0.2) is 8.32 Å². The molecule has 5 heteroatoms. The van der Waals surface area contributed by atoms with Crippen LogP contribution < -0.4 is 0 Å². The normalized spacial score (nSPS) is 25.0. The highest BCUT2D eigenvalue weighted by Crippen LogP contribution is 2.38. The van der Waals surface area contributed by atoms with Gasteiger partial charge in [-0.2, -0.15) is 0 Å². The summed E-state index contributed by atoms with van der Waals surface area (Å²) in [6.45, 7) is 11.2. The Kier molecular flexibility index (Phi) is 4.14. The van der Waals surface area contributed by atoms with Gasteiger partial charge >= 0.3 is 6.09 Å². The fraction of sp³-hybridized carbons (Fsp3) is 0.769. The molecule has 0 aromatic carbocycles. The van der Waals surface area contributed by atoms with E-state index < -0.39 is 14.4 Å². The summed E-state index contributed by atoms with van der Waals surface area (Å²) in [4.78, 5) is 12.4. The zero-order valence-corrected chi connectivity index (χ0v) is 12.9. The van der Waals surface area contributed by atoms with Crippen molar-refractivity contribution in [2.45, 2.75) is 57.5 Å². The SMILES string of the molecule is C#C[C@H]1C[C@H](O[Si](C)(C)C(C)(C)C)CN1C(=O)O. The van der Waals surface area contributed by atoms with E-state index in [9.17, 15) is 4.79 Å². The maximum absolute atomic E-state index is 11.1. The van der Waals surface area contributed by atoms with Crippen LogP contribution in [0.4, 0.5) is 4.79 Å². The van der Waals surface area contributed by atoms with Crippen LogP contribution in [-0.2, 0) is 4.43 Å². The van der Waals surface area contributed by atoms with Gasteiger partial charge in [0.25, 0.3) is 0 Å². The van der Waals surface area contributed by atoms with Crippen molar-refractivity contribution in [1.82, 2.24) is 4.90 Å². The molecular formula is C13H23NO3Si. The number of carboxylic acid groups (broad SMARTS) is 1. The second-order valence-electron chi connectivity index (χ2n) is 6.35. The zero-order chi connectivity index (χ0) is 14.1. The number of hydrogen-bond acceptors (Lipinski definition) is 2. The number of rotatable bonds is 2. The zero-order valence-electron chi connectivity index (χ0n) is 11.9. The van der Waals surface area contributed by atoms with Gasteiger partial charge in [-0.15, -0.1) is 6.42 Å². The number of nitrogens with zero attached hydrogens (tertiary/aromatic N) is 1. The molecule has 1 aliphatic rings. The molecule has 0 aliphatic carbocycles. The topological polar surface area (TPSA) is 49.8 Å². The Morgan fingerprint density at radius 3 is 2.39 bits per heavy atom. The highest BCUT2D eigenvalue weighted by atomic mass is 28.4. The molecule has 18 heavy (non-hydrogen) atoms. The molecule has 0 saturated carbocycles. The van der Waals surface area contributed by atoms with Crippen LogP contribution in [0, 0.1) is 12.3 Å². The third-order valence-electron chi connectivity index (χ3n) is 3.97. The Bertz CT molecular complexity index is 367. The van der Waals surface area contributed by atoms with Crippen molar-refractivity contribution in [3.8, 4) is 12.3 Å². The van der Waals surface area contributed by atoms with Crippen LogP contribution in [0.1, 0.15) is 27.2 Å². The molecule has 0 spiro atoms. The summed E-state index contributed by atoms with van der Waals surface area (Å²) in [6, 6.07) is -0.350. The number of likely N-dealkylation sites (tertiary alicyclic amines) is 1. The van der Waals surface area contributed by atoms with Crippen molar-refractivity contribution < 1.29 is 14.3 Å². The molecule has 1 aliphatic heterocycles. The summed E-state index contributed by atoms with van der Waals surface area (Å²) in [5.74, 6) is 2.53. The second kappa shape index (κ2) is 4.94. The van der Waals surface area contributed by atoms with E-state index in [-0.39, 0.29) is 17.2 Å².